The first-order valence-electron chi connectivity index (χ1n) is 7.96. The first-order valence-corrected chi connectivity index (χ1v) is 8.75. The van der Waals surface area contributed by atoms with E-state index >= 15 is 0 Å². The van der Waals surface area contributed by atoms with Crippen LogP contribution in [0.4, 0.5) is 0 Å². The van der Waals surface area contributed by atoms with Crippen molar-refractivity contribution in [2.45, 2.75) is 13.0 Å². The summed E-state index contributed by atoms with van der Waals surface area (Å²) in [6.45, 7) is 3.56. The Balaban J connectivity index is 1.68. The van der Waals surface area contributed by atoms with Gasteiger partial charge in [-0.3, -0.25) is 9.69 Å². The molecule has 2 aromatic rings. The number of rotatable bonds is 8. The third-order valence-corrected chi connectivity index (χ3v) is 4.17. The molecule has 0 spiro atoms. The first kappa shape index (κ1) is 18.5. The van der Waals surface area contributed by atoms with E-state index in [0.717, 1.165) is 15.8 Å². The van der Waals surface area contributed by atoms with Gasteiger partial charge in [0.2, 0.25) is 5.91 Å². The number of amides is 1. The lowest BCUT2D eigenvalue weighted by atomic mass is 10.1. The fourth-order valence-electron chi connectivity index (χ4n) is 2.29. The molecule has 0 aliphatic carbocycles. The number of halogens is 1. The topological polar surface area (TPSA) is 41.6 Å². The third kappa shape index (κ3) is 6.34. The van der Waals surface area contributed by atoms with E-state index in [1.807, 2.05) is 73.5 Å². The quantitative estimate of drug-likeness (QED) is 0.747. The van der Waals surface area contributed by atoms with Crippen molar-refractivity contribution in [3.63, 3.8) is 0 Å². The van der Waals surface area contributed by atoms with Crippen LogP contribution in [0.3, 0.4) is 0 Å². The second kappa shape index (κ2) is 9.45. The normalized spacial score (nSPS) is 12.0. The molecule has 0 aliphatic rings. The van der Waals surface area contributed by atoms with Gasteiger partial charge in [-0.05, 0) is 43.8 Å². The standard InChI is InChI=1S/C19H23BrN2O2/c1-15(16-6-4-3-5-7-16)21-19(23)14-22(2)12-13-24-18-10-8-17(20)9-11-18/h3-11,15H,12-14H2,1-2H3,(H,21,23)/t15-/m0/s1. The molecule has 2 rings (SSSR count). The highest BCUT2D eigenvalue weighted by Gasteiger charge is 2.11. The molecule has 0 saturated carbocycles. The Morgan fingerprint density at radius 2 is 1.83 bits per heavy atom. The zero-order valence-electron chi connectivity index (χ0n) is 14.0. The number of ether oxygens (including phenoxy) is 1. The predicted molar refractivity (Wildman–Crippen MR) is 100 cm³/mol. The molecule has 0 fully saturated rings. The summed E-state index contributed by atoms with van der Waals surface area (Å²) in [5, 5.41) is 3.01. The molecule has 0 heterocycles. The van der Waals surface area contributed by atoms with E-state index in [1.165, 1.54) is 0 Å². The summed E-state index contributed by atoms with van der Waals surface area (Å²) in [7, 11) is 1.91. The summed E-state index contributed by atoms with van der Waals surface area (Å²) in [6, 6.07) is 17.7. The average Bonchev–Trinajstić information content (AvgIpc) is 2.57. The van der Waals surface area contributed by atoms with Crippen LogP contribution in [-0.4, -0.2) is 37.6 Å². The van der Waals surface area contributed by atoms with Gasteiger partial charge in [0, 0.05) is 11.0 Å². The second-order valence-corrected chi connectivity index (χ2v) is 6.66. The van der Waals surface area contributed by atoms with E-state index in [-0.39, 0.29) is 11.9 Å². The van der Waals surface area contributed by atoms with Gasteiger partial charge in [-0.2, -0.15) is 0 Å². The van der Waals surface area contributed by atoms with E-state index in [1.54, 1.807) is 0 Å². The van der Waals surface area contributed by atoms with Crippen LogP contribution < -0.4 is 10.1 Å². The number of likely N-dealkylation sites (N-methyl/N-ethyl adjacent to an activating group) is 1. The molecular formula is C19H23BrN2O2. The van der Waals surface area contributed by atoms with Crippen LogP contribution >= 0.6 is 15.9 Å². The fraction of sp³-hybridized carbons (Fsp3) is 0.316. The minimum Gasteiger partial charge on any atom is -0.492 e. The number of hydrogen-bond acceptors (Lipinski definition) is 3. The second-order valence-electron chi connectivity index (χ2n) is 5.74. The lowest BCUT2D eigenvalue weighted by Crippen LogP contribution is -2.38. The summed E-state index contributed by atoms with van der Waals surface area (Å²) in [5.41, 5.74) is 1.10. The lowest BCUT2D eigenvalue weighted by molar-refractivity contribution is -0.122. The minimum absolute atomic E-state index is 0.00566. The molecule has 128 valence electrons. The average molecular weight is 391 g/mol. The number of benzene rings is 2. The van der Waals surface area contributed by atoms with Crippen molar-refractivity contribution in [2.24, 2.45) is 0 Å². The van der Waals surface area contributed by atoms with Crippen LogP contribution in [0.1, 0.15) is 18.5 Å². The van der Waals surface area contributed by atoms with Gasteiger partial charge in [0.05, 0.1) is 12.6 Å². The Kier molecular flexibility index (Phi) is 7.28. The molecule has 24 heavy (non-hydrogen) atoms. The molecule has 5 heteroatoms. The van der Waals surface area contributed by atoms with Crippen molar-refractivity contribution in [3.05, 3.63) is 64.6 Å². The van der Waals surface area contributed by atoms with Crippen LogP contribution in [0.15, 0.2) is 59.1 Å². The molecule has 0 aliphatic heterocycles. The van der Waals surface area contributed by atoms with Crippen molar-refractivity contribution < 1.29 is 9.53 Å². The molecule has 1 N–H and O–H groups in total. The van der Waals surface area contributed by atoms with E-state index in [0.29, 0.717) is 19.7 Å². The van der Waals surface area contributed by atoms with E-state index in [2.05, 4.69) is 21.2 Å². The molecule has 2 aromatic carbocycles. The van der Waals surface area contributed by atoms with Crippen LogP contribution in [0, 0.1) is 0 Å². The summed E-state index contributed by atoms with van der Waals surface area (Å²) < 4.78 is 6.69. The molecule has 0 unspecified atom stereocenters. The highest BCUT2D eigenvalue weighted by atomic mass is 79.9. The van der Waals surface area contributed by atoms with Gasteiger partial charge in [0.15, 0.2) is 0 Å². The van der Waals surface area contributed by atoms with Crippen molar-refractivity contribution >= 4 is 21.8 Å². The smallest absolute Gasteiger partial charge is 0.234 e. The maximum atomic E-state index is 12.1. The van der Waals surface area contributed by atoms with Gasteiger partial charge in [-0.15, -0.1) is 0 Å². The molecule has 0 saturated heterocycles. The maximum Gasteiger partial charge on any atom is 0.234 e. The number of carbonyl (C=O) groups is 1. The van der Waals surface area contributed by atoms with Gasteiger partial charge in [-0.1, -0.05) is 46.3 Å². The van der Waals surface area contributed by atoms with E-state index in [4.69, 9.17) is 4.74 Å². The van der Waals surface area contributed by atoms with Crippen LogP contribution in [-0.2, 0) is 4.79 Å². The number of carbonyl (C=O) groups excluding carboxylic acids is 1. The summed E-state index contributed by atoms with van der Waals surface area (Å²) >= 11 is 3.39. The molecule has 0 bridgehead atoms. The SMILES string of the molecule is C[C@H](NC(=O)CN(C)CCOc1ccc(Br)cc1)c1ccccc1. The minimum atomic E-state index is 0.00566. The largest absolute Gasteiger partial charge is 0.492 e. The fourth-order valence-corrected chi connectivity index (χ4v) is 2.55. The van der Waals surface area contributed by atoms with Gasteiger partial charge in [-0.25, -0.2) is 0 Å². The maximum absolute atomic E-state index is 12.1. The Morgan fingerprint density at radius 3 is 2.50 bits per heavy atom. The Labute approximate surface area is 151 Å². The molecule has 0 radical (unpaired) electrons. The molecule has 4 nitrogen and oxygen atoms in total. The van der Waals surface area contributed by atoms with E-state index in [9.17, 15) is 4.79 Å². The number of hydrogen-bond donors (Lipinski definition) is 1. The highest BCUT2D eigenvalue weighted by molar-refractivity contribution is 9.10. The van der Waals surface area contributed by atoms with Crippen molar-refractivity contribution in [1.82, 2.24) is 10.2 Å². The Morgan fingerprint density at radius 1 is 1.17 bits per heavy atom. The predicted octanol–water partition coefficient (Wildman–Crippen LogP) is 3.64. The molecule has 1 atom stereocenters. The summed E-state index contributed by atoms with van der Waals surface area (Å²) in [5.74, 6) is 0.839. The van der Waals surface area contributed by atoms with Crippen LogP contribution in [0.5, 0.6) is 5.75 Å². The number of nitrogens with zero attached hydrogens (tertiary/aromatic N) is 1. The lowest BCUT2D eigenvalue weighted by Gasteiger charge is -2.19. The van der Waals surface area contributed by atoms with Gasteiger partial charge in [0.25, 0.3) is 0 Å². The van der Waals surface area contributed by atoms with Crippen LogP contribution in [0.2, 0.25) is 0 Å². The summed E-state index contributed by atoms with van der Waals surface area (Å²) in [4.78, 5) is 14.1. The molecule has 1 amide bonds. The third-order valence-electron chi connectivity index (χ3n) is 3.65. The molecular weight excluding hydrogens is 368 g/mol. The Hall–Kier alpha value is -1.85. The zero-order chi connectivity index (χ0) is 17.4. The Bertz CT molecular complexity index is 632. The number of nitrogens with one attached hydrogen (secondary N) is 1. The van der Waals surface area contributed by atoms with E-state index < -0.39 is 0 Å². The molecule has 0 aromatic heterocycles. The van der Waals surface area contributed by atoms with Gasteiger partial charge in [0.1, 0.15) is 12.4 Å². The zero-order valence-corrected chi connectivity index (χ0v) is 15.6. The van der Waals surface area contributed by atoms with Gasteiger partial charge < -0.3 is 10.1 Å². The van der Waals surface area contributed by atoms with Gasteiger partial charge >= 0.3 is 0 Å². The van der Waals surface area contributed by atoms with Crippen molar-refractivity contribution in [2.75, 3.05) is 26.7 Å². The van der Waals surface area contributed by atoms with Crippen LogP contribution in [0.25, 0.3) is 0 Å². The first-order chi connectivity index (χ1) is 11.5. The highest BCUT2D eigenvalue weighted by Crippen LogP contribution is 2.16. The summed E-state index contributed by atoms with van der Waals surface area (Å²) in [6.07, 6.45) is 0. The van der Waals surface area contributed by atoms with Crippen molar-refractivity contribution in [1.29, 1.82) is 0 Å². The monoisotopic (exact) mass is 390 g/mol. The van der Waals surface area contributed by atoms with Crippen molar-refractivity contribution in [3.8, 4) is 5.75 Å².